The molecule has 0 aliphatic heterocycles. The Bertz CT molecular complexity index is 750. The van der Waals surface area contributed by atoms with Crippen LogP contribution in [0, 0.1) is 0 Å². The van der Waals surface area contributed by atoms with Crippen molar-refractivity contribution < 1.29 is 0 Å². The number of hydrogen-bond donors (Lipinski definition) is 5. The molecule has 0 atom stereocenters. The summed E-state index contributed by atoms with van der Waals surface area (Å²) in [6, 6.07) is 15.0. The van der Waals surface area contributed by atoms with E-state index < -0.39 is 0 Å². The van der Waals surface area contributed by atoms with Gasteiger partial charge in [-0.25, -0.2) is 0 Å². The lowest BCUT2D eigenvalue weighted by atomic mass is 10.2. The van der Waals surface area contributed by atoms with E-state index in [4.69, 9.17) is 23.0 Å². The summed E-state index contributed by atoms with van der Waals surface area (Å²) in [5.74, 6) is 6.45. The van der Waals surface area contributed by atoms with Crippen molar-refractivity contribution in [1.82, 2.24) is 0 Å². The molecule has 29 heavy (non-hydrogen) atoms. The molecule has 0 aliphatic carbocycles. The molecule has 2 rings (SSSR count). The first-order chi connectivity index (χ1) is 14.0. The minimum Gasteiger partial charge on any atom is -0.399 e. The molecule has 0 aliphatic rings. The van der Waals surface area contributed by atoms with Gasteiger partial charge in [0.2, 0.25) is 0 Å². The van der Waals surface area contributed by atoms with Crippen molar-refractivity contribution in [2.24, 2.45) is 27.3 Å². The lowest BCUT2D eigenvalue weighted by molar-refractivity contribution is 0.807. The van der Waals surface area contributed by atoms with Gasteiger partial charge in [0.25, 0.3) is 0 Å². The predicted molar refractivity (Wildman–Crippen MR) is 126 cm³/mol. The molecule has 7 heteroatoms. The van der Waals surface area contributed by atoms with E-state index in [2.05, 4.69) is 29.3 Å². The van der Waals surface area contributed by atoms with Crippen molar-refractivity contribution in [2.45, 2.75) is 39.5 Å². The van der Waals surface area contributed by atoms with Gasteiger partial charge in [0.05, 0.1) is 0 Å². The van der Waals surface area contributed by atoms with Gasteiger partial charge in [-0.2, -0.15) is 0 Å². The zero-order valence-corrected chi connectivity index (χ0v) is 17.6. The Kier molecular flexibility index (Phi) is 11.6. The topological polar surface area (TPSA) is 141 Å². The van der Waals surface area contributed by atoms with Gasteiger partial charge in [-0.3, -0.25) is 15.8 Å². The summed E-state index contributed by atoms with van der Waals surface area (Å²) in [4.78, 5) is 8.55. The monoisotopic (exact) mass is 397 g/mol. The highest BCUT2D eigenvalue weighted by molar-refractivity contribution is 5.98. The van der Waals surface area contributed by atoms with E-state index in [1.807, 2.05) is 48.5 Å². The molecule has 0 aromatic heterocycles. The second kappa shape index (κ2) is 14.0. The first-order valence-electron chi connectivity index (χ1n) is 10.0. The predicted octanol–water partition coefficient (Wildman–Crippen LogP) is 3.25. The molecule has 7 nitrogen and oxygen atoms in total. The molecule has 158 valence electrons. The number of nitrogens with two attached hydrogens (primary N) is 4. The molecule has 0 saturated carbocycles. The molecular formula is C22H35N7. The summed E-state index contributed by atoms with van der Waals surface area (Å²) in [6.07, 6.45) is 4.42. The van der Waals surface area contributed by atoms with Crippen molar-refractivity contribution in [3.8, 4) is 0 Å². The van der Waals surface area contributed by atoms with Crippen LogP contribution in [0.4, 0.5) is 11.4 Å². The summed E-state index contributed by atoms with van der Waals surface area (Å²) < 4.78 is 0. The van der Waals surface area contributed by atoms with Crippen LogP contribution in [0.25, 0.3) is 0 Å². The Morgan fingerprint density at radius 1 is 0.759 bits per heavy atom. The van der Waals surface area contributed by atoms with E-state index in [-0.39, 0.29) is 0 Å². The number of aliphatic imine (C=N–C) groups is 2. The Labute approximate surface area is 174 Å². The van der Waals surface area contributed by atoms with E-state index in [1.54, 1.807) is 0 Å². The third-order valence-electron chi connectivity index (χ3n) is 4.14. The highest BCUT2D eigenvalue weighted by Crippen LogP contribution is 2.08. The normalized spacial score (nSPS) is 11.6. The zero-order chi connectivity index (χ0) is 21.5. The Morgan fingerprint density at radius 3 is 1.55 bits per heavy atom. The second-order valence-electron chi connectivity index (χ2n) is 6.58. The number of benzene rings is 2. The Hall–Kier alpha value is -3.06. The molecular weight excluding hydrogens is 362 g/mol. The molecule has 2 aromatic rings. The molecule has 0 heterocycles. The van der Waals surface area contributed by atoms with E-state index in [0.29, 0.717) is 11.7 Å². The highest BCUT2D eigenvalue weighted by Gasteiger charge is 1.98. The first-order valence-corrected chi connectivity index (χ1v) is 10.0. The average molecular weight is 398 g/mol. The van der Waals surface area contributed by atoms with Crippen LogP contribution < -0.4 is 28.5 Å². The standard InChI is InChI=1S/C11H18N4.C11H17N3/c1-2-3-8-14-11(12)9-4-6-10(15-13)7-5-9;1-2-3-8-14-11(13)9-4-6-10(12)7-5-9/h4-7,15H,2-3,8,13H2,1H3,(H2,12,14);4-7H,2-3,8,12H2,1H3,(H2,13,14). The molecule has 0 saturated heterocycles. The first kappa shape index (κ1) is 24.0. The van der Waals surface area contributed by atoms with E-state index in [0.717, 1.165) is 61.3 Å². The lowest BCUT2D eigenvalue weighted by Gasteiger charge is -2.03. The van der Waals surface area contributed by atoms with Crippen LogP contribution in [-0.2, 0) is 0 Å². The summed E-state index contributed by atoms with van der Waals surface area (Å²) in [5.41, 5.74) is 23.2. The molecule has 0 radical (unpaired) electrons. The van der Waals surface area contributed by atoms with Crippen molar-refractivity contribution >= 4 is 23.0 Å². The maximum Gasteiger partial charge on any atom is 0.125 e. The molecule has 0 bridgehead atoms. The number of nitrogens with zero attached hydrogens (tertiary/aromatic N) is 2. The molecule has 9 N–H and O–H groups in total. The van der Waals surface area contributed by atoms with Gasteiger partial charge in [-0.15, -0.1) is 0 Å². The van der Waals surface area contributed by atoms with Crippen LogP contribution in [0.15, 0.2) is 58.5 Å². The molecule has 0 fully saturated rings. The molecule has 0 unspecified atom stereocenters. The highest BCUT2D eigenvalue weighted by atomic mass is 15.2. The fourth-order valence-electron chi connectivity index (χ4n) is 2.29. The number of anilines is 2. The fraction of sp³-hybridized carbons (Fsp3) is 0.364. The third-order valence-corrected chi connectivity index (χ3v) is 4.14. The Balaban J connectivity index is 0.000000291. The number of nitrogens with one attached hydrogen (secondary N) is 1. The fourth-order valence-corrected chi connectivity index (χ4v) is 2.29. The summed E-state index contributed by atoms with van der Waals surface area (Å²) in [5, 5.41) is 0. The third kappa shape index (κ3) is 9.62. The average Bonchev–Trinajstić information content (AvgIpc) is 2.75. The van der Waals surface area contributed by atoms with Gasteiger partial charge >= 0.3 is 0 Å². The number of amidine groups is 2. The summed E-state index contributed by atoms with van der Waals surface area (Å²) in [7, 11) is 0. The minimum absolute atomic E-state index is 0.590. The zero-order valence-electron chi connectivity index (χ0n) is 17.6. The van der Waals surface area contributed by atoms with Gasteiger partial charge in [0.15, 0.2) is 0 Å². The summed E-state index contributed by atoms with van der Waals surface area (Å²) in [6.45, 7) is 5.86. The van der Waals surface area contributed by atoms with Gasteiger partial charge in [0.1, 0.15) is 11.7 Å². The number of hydrogen-bond acceptors (Lipinski definition) is 5. The molecule has 0 amide bonds. The van der Waals surface area contributed by atoms with Crippen LogP contribution >= 0.6 is 0 Å². The number of nitrogen functional groups attached to an aromatic ring is 2. The summed E-state index contributed by atoms with van der Waals surface area (Å²) >= 11 is 0. The maximum atomic E-state index is 5.83. The van der Waals surface area contributed by atoms with Crippen LogP contribution in [0.1, 0.15) is 50.7 Å². The van der Waals surface area contributed by atoms with Crippen LogP contribution in [0.2, 0.25) is 0 Å². The second-order valence-corrected chi connectivity index (χ2v) is 6.58. The van der Waals surface area contributed by atoms with Crippen molar-refractivity contribution in [1.29, 1.82) is 0 Å². The molecule has 0 spiro atoms. The van der Waals surface area contributed by atoms with Crippen LogP contribution in [0.3, 0.4) is 0 Å². The van der Waals surface area contributed by atoms with Crippen LogP contribution in [0.5, 0.6) is 0 Å². The van der Waals surface area contributed by atoms with Gasteiger partial charge in [-0.1, -0.05) is 26.7 Å². The van der Waals surface area contributed by atoms with E-state index in [9.17, 15) is 0 Å². The number of hydrazine groups is 1. The minimum atomic E-state index is 0.590. The number of unbranched alkanes of at least 4 members (excludes halogenated alkanes) is 2. The maximum absolute atomic E-state index is 5.83. The largest absolute Gasteiger partial charge is 0.399 e. The molecule has 2 aromatic carbocycles. The van der Waals surface area contributed by atoms with Crippen molar-refractivity contribution in [2.75, 3.05) is 24.2 Å². The Morgan fingerprint density at radius 2 is 1.17 bits per heavy atom. The quantitative estimate of drug-likeness (QED) is 0.110. The van der Waals surface area contributed by atoms with Crippen LogP contribution in [-0.4, -0.2) is 24.8 Å². The number of rotatable bonds is 9. The van der Waals surface area contributed by atoms with E-state index in [1.165, 1.54) is 0 Å². The van der Waals surface area contributed by atoms with Gasteiger partial charge in [-0.05, 0) is 61.4 Å². The van der Waals surface area contributed by atoms with Gasteiger partial charge < -0.3 is 22.6 Å². The van der Waals surface area contributed by atoms with Crippen molar-refractivity contribution in [3.63, 3.8) is 0 Å². The van der Waals surface area contributed by atoms with E-state index >= 15 is 0 Å². The lowest BCUT2D eigenvalue weighted by Crippen LogP contribution is -2.14. The SMILES string of the molecule is CCCCN=C(N)c1ccc(N)cc1.CCCCN=C(N)c1ccc(NN)cc1. The van der Waals surface area contributed by atoms with Crippen molar-refractivity contribution in [3.05, 3.63) is 59.7 Å². The van der Waals surface area contributed by atoms with Gasteiger partial charge in [0, 0.05) is 35.6 Å². The smallest absolute Gasteiger partial charge is 0.125 e.